The molecular weight excluding hydrogens is 228 g/mol. The van der Waals surface area contributed by atoms with Gasteiger partial charge < -0.3 is 9.84 Å². The van der Waals surface area contributed by atoms with Crippen molar-refractivity contribution in [2.75, 3.05) is 6.61 Å². The van der Waals surface area contributed by atoms with Gasteiger partial charge in [-0.2, -0.15) is 0 Å². The Hall–Kier alpha value is -1.51. The van der Waals surface area contributed by atoms with Gasteiger partial charge in [-0.05, 0) is 37.8 Å². The molecular formula is C15H20O3. The van der Waals surface area contributed by atoms with Crippen LogP contribution >= 0.6 is 0 Å². The third kappa shape index (κ3) is 3.49. The first kappa shape index (κ1) is 12.9. The van der Waals surface area contributed by atoms with Gasteiger partial charge in [-0.25, -0.2) is 0 Å². The molecule has 1 fully saturated rings. The number of ketones is 1. The van der Waals surface area contributed by atoms with E-state index in [0.29, 0.717) is 23.8 Å². The molecule has 3 nitrogen and oxygen atoms in total. The molecule has 98 valence electrons. The molecule has 1 aromatic rings. The van der Waals surface area contributed by atoms with Gasteiger partial charge in [0, 0.05) is 11.6 Å². The minimum atomic E-state index is -0.0617. The molecule has 0 atom stereocenters. The molecule has 0 spiro atoms. The van der Waals surface area contributed by atoms with Gasteiger partial charge in [-0.15, -0.1) is 0 Å². The van der Waals surface area contributed by atoms with Crippen molar-refractivity contribution >= 4 is 5.78 Å². The molecule has 0 unspecified atom stereocenters. The van der Waals surface area contributed by atoms with Crippen molar-refractivity contribution < 1.29 is 14.6 Å². The third-order valence-corrected chi connectivity index (χ3v) is 3.51. The summed E-state index contributed by atoms with van der Waals surface area (Å²) in [5, 5.41) is 9.55. The molecule has 3 heteroatoms. The molecule has 0 aliphatic heterocycles. The predicted octanol–water partition coefficient (Wildman–Crippen LogP) is 3.55. The summed E-state index contributed by atoms with van der Waals surface area (Å²) in [5.41, 5.74) is 0.494. The zero-order chi connectivity index (χ0) is 13.0. The number of hydrogen-bond donors (Lipinski definition) is 1. The van der Waals surface area contributed by atoms with E-state index < -0.39 is 0 Å². The minimum Gasteiger partial charge on any atom is -0.508 e. The fraction of sp³-hybridized carbons (Fsp3) is 0.533. The number of ether oxygens (including phenoxy) is 1. The van der Waals surface area contributed by atoms with E-state index in [-0.39, 0.29) is 11.5 Å². The lowest BCUT2D eigenvalue weighted by molar-refractivity contribution is 0.101. The second-order valence-corrected chi connectivity index (χ2v) is 5.09. The summed E-state index contributed by atoms with van der Waals surface area (Å²) in [6.45, 7) is 2.17. The van der Waals surface area contributed by atoms with Gasteiger partial charge in [-0.1, -0.05) is 19.3 Å². The van der Waals surface area contributed by atoms with Crippen molar-refractivity contribution in [2.24, 2.45) is 5.92 Å². The maximum absolute atomic E-state index is 11.3. The Morgan fingerprint density at radius 2 is 2.00 bits per heavy atom. The van der Waals surface area contributed by atoms with E-state index >= 15 is 0 Å². The molecule has 2 rings (SSSR count). The first-order valence-corrected chi connectivity index (χ1v) is 6.63. The van der Waals surface area contributed by atoms with Crippen LogP contribution in [0.5, 0.6) is 11.5 Å². The molecule has 0 aromatic heterocycles. The van der Waals surface area contributed by atoms with Crippen molar-refractivity contribution in [1.82, 2.24) is 0 Å². The van der Waals surface area contributed by atoms with E-state index in [2.05, 4.69) is 0 Å². The number of rotatable bonds is 4. The number of phenols is 1. The topological polar surface area (TPSA) is 46.5 Å². The van der Waals surface area contributed by atoms with Crippen molar-refractivity contribution in [2.45, 2.75) is 39.0 Å². The predicted molar refractivity (Wildman–Crippen MR) is 70.2 cm³/mol. The fourth-order valence-electron chi connectivity index (χ4n) is 2.44. The van der Waals surface area contributed by atoms with Gasteiger partial charge in [0.2, 0.25) is 0 Å². The Morgan fingerprint density at radius 3 is 2.67 bits per heavy atom. The van der Waals surface area contributed by atoms with E-state index in [4.69, 9.17) is 4.74 Å². The number of carbonyl (C=O) groups excluding carboxylic acids is 1. The lowest BCUT2D eigenvalue weighted by Crippen LogP contribution is -2.15. The molecule has 18 heavy (non-hydrogen) atoms. The summed E-state index contributed by atoms with van der Waals surface area (Å²) in [6.07, 6.45) is 6.34. The number of benzene rings is 1. The van der Waals surface area contributed by atoms with Gasteiger partial charge >= 0.3 is 0 Å². The highest BCUT2D eigenvalue weighted by Crippen LogP contribution is 2.26. The average Bonchev–Trinajstić information content (AvgIpc) is 2.37. The van der Waals surface area contributed by atoms with E-state index in [1.54, 1.807) is 12.1 Å². The highest BCUT2D eigenvalue weighted by Gasteiger charge is 2.14. The van der Waals surface area contributed by atoms with Crippen LogP contribution in [0.4, 0.5) is 0 Å². The number of phenolic OH excluding ortho intramolecular Hbond substituents is 1. The molecule has 0 heterocycles. The fourth-order valence-corrected chi connectivity index (χ4v) is 2.44. The number of Topliss-reactive ketones (excluding diaryl/α,β-unsaturated/α-hetero) is 1. The Labute approximate surface area is 108 Å². The zero-order valence-corrected chi connectivity index (χ0v) is 10.8. The Morgan fingerprint density at radius 1 is 1.28 bits per heavy atom. The van der Waals surface area contributed by atoms with Crippen LogP contribution in [0.25, 0.3) is 0 Å². The molecule has 1 N–H and O–H groups in total. The van der Waals surface area contributed by atoms with Gasteiger partial charge in [0.1, 0.15) is 11.5 Å². The molecule has 1 aliphatic carbocycles. The second-order valence-electron chi connectivity index (χ2n) is 5.09. The second kappa shape index (κ2) is 5.89. The Kier molecular flexibility index (Phi) is 4.24. The van der Waals surface area contributed by atoms with E-state index in [0.717, 1.165) is 0 Å². The summed E-state index contributed by atoms with van der Waals surface area (Å²) in [7, 11) is 0. The van der Waals surface area contributed by atoms with Gasteiger partial charge in [0.15, 0.2) is 5.78 Å². The molecule has 1 aromatic carbocycles. The Balaban J connectivity index is 1.97. The number of hydrogen-bond acceptors (Lipinski definition) is 3. The zero-order valence-electron chi connectivity index (χ0n) is 10.8. The molecule has 0 amide bonds. The smallest absolute Gasteiger partial charge is 0.160 e. The lowest BCUT2D eigenvalue weighted by Gasteiger charge is -2.21. The van der Waals surface area contributed by atoms with Crippen molar-refractivity contribution in [3.63, 3.8) is 0 Å². The van der Waals surface area contributed by atoms with Crippen LogP contribution in [0.15, 0.2) is 18.2 Å². The summed E-state index contributed by atoms with van der Waals surface area (Å²) < 4.78 is 5.70. The third-order valence-electron chi connectivity index (χ3n) is 3.51. The monoisotopic (exact) mass is 248 g/mol. The molecule has 1 aliphatic rings. The van der Waals surface area contributed by atoms with Gasteiger partial charge in [-0.3, -0.25) is 4.79 Å². The highest BCUT2D eigenvalue weighted by atomic mass is 16.5. The summed E-state index contributed by atoms with van der Waals surface area (Å²) in [6, 6.07) is 4.73. The molecule has 0 saturated heterocycles. The minimum absolute atomic E-state index is 0.0617. The van der Waals surface area contributed by atoms with Crippen LogP contribution in [-0.2, 0) is 0 Å². The van der Waals surface area contributed by atoms with Crippen LogP contribution in [0.2, 0.25) is 0 Å². The highest BCUT2D eigenvalue weighted by molar-refractivity contribution is 5.94. The summed E-state index contributed by atoms with van der Waals surface area (Å²) >= 11 is 0. The van der Waals surface area contributed by atoms with E-state index in [1.165, 1.54) is 45.1 Å². The van der Waals surface area contributed by atoms with Crippen molar-refractivity contribution in [3.05, 3.63) is 23.8 Å². The summed E-state index contributed by atoms with van der Waals surface area (Å²) in [4.78, 5) is 11.3. The molecule has 0 bridgehead atoms. The van der Waals surface area contributed by atoms with Gasteiger partial charge in [0.05, 0.1) is 6.61 Å². The van der Waals surface area contributed by atoms with Crippen LogP contribution in [0.1, 0.15) is 49.4 Å². The number of aromatic hydroxyl groups is 1. The summed E-state index contributed by atoms with van der Waals surface area (Å²) in [5.74, 6) is 1.22. The number of carbonyl (C=O) groups is 1. The SMILES string of the molecule is CC(=O)c1cc(O)cc(OCC2CCCCC2)c1. The largest absolute Gasteiger partial charge is 0.508 e. The van der Waals surface area contributed by atoms with Gasteiger partial charge in [0.25, 0.3) is 0 Å². The maximum atomic E-state index is 11.3. The Bertz CT molecular complexity index is 420. The van der Waals surface area contributed by atoms with Crippen molar-refractivity contribution in [3.8, 4) is 11.5 Å². The van der Waals surface area contributed by atoms with Crippen LogP contribution in [-0.4, -0.2) is 17.5 Å². The normalized spacial score (nSPS) is 16.5. The van der Waals surface area contributed by atoms with E-state index in [9.17, 15) is 9.90 Å². The first-order valence-electron chi connectivity index (χ1n) is 6.63. The van der Waals surface area contributed by atoms with Crippen LogP contribution < -0.4 is 4.74 Å². The molecule has 0 radical (unpaired) electrons. The van der Waals surface area contributed by atoms with Crippen LogP contribution in [0.3, 0.4) is 0 Å². The maximum Gasteiger partial charge on any atom is 0.160 e. The van der Waals surface area contributed by atoms with E-state index in [1.807, 2.05) is 0 Å². The standard InChI is InChI=1S/C15H20O3/c1-11(16)13-7-14(17)9-15(8-13)18-10-12-5-3-2-4-6-12/h7-9,12,17H,2-6,10H2,1H3. The first-order chi connectivity index (χ1) is 8.65. The van der Waals surface area contributed by atoms with Crippen LogP contribution in [0, 0.1) is 5.92 Å². The lowest BCUT2D eigenvalue weighted by atomic mass is 9.90. The average molecular weight is 248 g/mol. The molecule has 1 saturated carbocycles. The van der Waals surface area contributed by atoms with Crippen molar-refractivity contribution in [1.29, 1.82) is 0 Å². The quantitative estimate of drug-likeness (QED) is 0.829.